The summed E-state index contributed by atoms with van der Waals surface area (Å²) < 4.78 is 5.14. The second kappa shape index (κ2) is 3.27. The van der Waals surface area contributed by atoms with Crippen molar-refractivity contribution in [3.63, 3.8) is 0 Å². The maximum Gasteiger partial charge on any atom is 0.371 e. The Labute approximate surface area is 86.9 Å². The lowest BCUT2D eigenvalue weighted by Gasteiger charge is -2.17. The van der Waals surface area contributed by atoms with Gasteiger partial charge in [-0.3, -0.25) is 0 Å². The molecule has 1 atom stereocenters. The summed E-state index contributed by atoms with van der Waals surface area (Å²) in [5.41, 5.74) is -0.712. The molecule has 1 aliphatic rings. The Balaban J connectivity index is 2.14. The molecule has 5 nitrogen and oxygen atoms in total. The van der Waals surface area contributed by atoms with E-state index in [2.05, 4.69) is 0 Å². The molecule has 1 aromatic rings. The predicted octanol–water partition coefficient (Wildman–Crippen LogP) is 0.939. The van der Waals surface area contributed by atoms with Crippen LogP contribution < -0.4 is 4.90 Å². The Morgan fingerprint density at radius 3 is 2.80 bits per heavy atom. The van der Waals surface area contributed by atoms with Crippen LogP contribution in [0.2, 0.25) is 0 Å². The average molecular weight is 211 g/mol. The van der Waals surface area contributed by atoms with Gasteiger partial charge in [0.05, 0.1) is 5.60 Å². The number of rotatable bonds is 2. The van der Waals surface area contributed by atoms with Crippen LogP contribution in [0.5, 0.6) is 0 Å². The molecular formula is C10H13NO4. The summed E-state index contributed by atoms with van der Waals surface area (Å²) in [6.45, 7) is 2.91. The van der Waals surface area contributed by atoms with Crippen LogP contribution >= 0.6 is 0 Å². The lowest BCUT2D eigenvalue weighted by molar-refractivity contribution is 0.0663. The summed E-state index contributed by atoms with van der Waals surface area (Å²) in [5, 5.41) is 18.4. The van der Waals surface area contributed by atoms with E-state index in [0.29, 0.717) is 25.4 Å². The zero-order valence-corrected chi connectivity index (χ0v) is 8.43. The Morgan fingerprint density at radius 1 is 1.60 bits per heavy atom. The normalized spacial score (nSPS) is 25.9. The van der Waals surface area contributed by atoms with E-state index in [0.717, 1.165) is 0 Å². The molecule has 1 aliphatic heterocycles. The lowest BCUT2D eigenvalue weighted by atomic mass is 10.1. The summed E-state index contributed by atoms with van der Waals surface area (Å²) in [5.74, 6) is -0.645. The third-order valence-corrected chi connectivity index (χ3v) is 2.57. The van der Waals surface area contributed by atoms with Crippen molar-refractivity contribution < 1.29 is 19.4 Å². The van der Waals surface area contributed by atoms with Gasteiger partial charge in [-0.1, -0.05) is 0 Å². The van der Waals surface area contributed by atoms with Crippen molar-refractivity contribution in [2.45, 2.75) is 18.9 Å². The molecule has 2 heterocycles. The van der Waals surface area contributed by atoms with Crippen molar-refractivity contribution in [3.8, 4) is 0 Å². The molecule has 2 N–H and O–H groups in total. The zero-order chi connectivity index (χ0) is 11.1. The predicted molar refractivity (Wildman–Crippen MR) is 53.1 cm³/mol. The number of β-amino-alcohol motifs (C(OH)–C–C–N with tert-alkyl or cyclic N) is 1. The molecule has 0 radical (unpaired) electrons. The summed E-state index contributed by atoms with van der Waals surface area (Å²) >= 11 is 0. The minimum absolute atomic E-state index is 0.0726. The van der Waals surface area contributed by atoms with Gasteiger partial charge >= 0.3 is 5.97 Å². The molecule has 0 bridgehead atoms. The van der Waals surface area contributed by atoms with E-state index in [1.165, 1.54) is 6.07 Å². The summed E-state index contributed by atoms with van der Waals surface area (Å²) in [6, 6.07) is 3.04. The summed E-state index contributed by atoms with van der Waals surface area (Å²) in [4.78, 5) is 12.4. The van der Waals surface area contributed by atoms with Gasteiger partial charge in [0.1, 0.15) is 0 Å². The van der Waals surface area contributed by atoms with Crippen molar-refractivity contribution >= 4 is 11.9 Å². The SMILES string of the molecule is CC1(O)CCN(c2ccc(C(=O)O)o2)C1. The van der Waals surface area contributed by atoms with Crippen molar-refractivity contribution in [2.24, 2.45) is 0 Å². The first-order chi connectivity index (χ1) is 6.98. The van der Waals surface area contributed by atoms with Gasteiger partial charge in [0.2, 0.25) is 5.76 Å². The molecule has 2 rings (SSSR count). The number of carbonyl (C=O) groups is 1. The maximum atomic E-state index is 10.6. The molecule has 1 fully saturated rings. The second-order valence-electron chi connectivity index (χ2n) is 4.11. The van der Waals surface area contributed by atoms with Crippen molar-refractivity contribution in [2.75, 3.05) is 18.0 Å². The number of carboxylic acids is 1. The van der Waals surface area contributed by atoms with Crippen LogP contribution in [-0.4, -0.2) is 34.9 Å². The van der Waals surface area contributed by atoms with Crippen LogP contribution in [0.4, 0.5) is 5.88 Å². The Kier molecular flexibility index (Phi) is 2.19. The number of anilines is 1. The molecule has 5 heteroatoms. The van der Waals surface area contributed by atoms with Crippen LogP contribution in [0.1, 0.15) is 23.9 Å². The Bertz CT molecular complexity index is 383. The molecule has 82 valence electrons. The first-order valence-electron chi connectivity index (χ1n) is 4.78. The van der Waals surface area contributed by atoms with Gasteiger partial charge in [-0.25, -0.2) is 4.79 Å². The fourth-order valence-electron chi connectivity index (χ4n) is 1.75. The highest BCUT2D eigenvalue weighted by molar-refractivity contribution is 5.84. The first-order valence-corrected chi connectivity index (χ1v) is 4.78. The number of aromatic carboxylic acids is 1. The van der Waals surface area contributed by atoms with Crippen LogP contribution in [0.3, 0.4) is 0 Å². The average Bonchev–Trinajstić information content (AvgIpc) is 2.70. The number of furan rings is 1. The number of hydrogen-bond donors (Lipinski definition) is 2. The van der Waals surface area contributed by atoms with E-state index >= 15 is 0 Å². The summed E-state index contributed by atoms with van der Waals surface area (Å²) in [7, 11) is 0. The molecule has 1 unspecified atom stereocenters. The van der Waals surface area contributed by atoms with Gasteiger partial charge in [0.25, 0.3) is 0 Å². The van der Waals surface area contributed by atoms with E-state index in [4.69, 9.17) is 9.52 Å². The van der Waals surface area contributed by atoms with Crippen molar-refractivity contribution in [3.05, 3.63) is 17.9 Å². The number of aliphatic hydroxyl groups is 1. The van der Waals surface area contributed by atoms with E-state index in [1.807, 2.05) is 4.90 Å². The van der Waals surface area contributed by atoms with Crippen molar-refractivity contribution in [1.29, 1.82) is 0 Å². The highest BCUT2D eigenvalue weighted by Gasteiger charge is 2.32. The molecule has 15 heavy (non-hydrogen) atoms. The fourth-order valence-corrected chi connectivity index (χ4v) is 1.75. The molecular weight excluding hydrogens is 198 g/mol. The van der Waals surface area contributed by atoms with Crippen LogP contribution in [0.15, 0.2) is 16.5 Å². The highest BCUT2D eigenvalue weighted by atomic mass is 16.4. The standard InChI is InChI=1S/C10H13NO4/c1-10(14)4-5-11(6-10)8-3-2-7(15-8)9(12)13/h2-3,14H,4-6H2,1H3,(H,12,13). The van der Waals surface area contributed by atoms with E-state index in [-0.39, 0.29) is 5.76 Å². The van der Waals surface area contributed by atoms with E-state index in [9.17, 15) is 9.90 Å². The molecule has 1 saturated heterocycles. The molecule has 0 saturated carbocycles. The Morgan fingerprint density at radius 2 is 2.33 bits per heavy atom. The minimum Gasteiger partial charge on any atom is -0.475 e. The van der Waals surface area contributed by atoms with Gasteiger partial charge in [-0.05, 0) is 19.4 Å². The summed E-state index contributed by atoms with van der Waals surface area (Å²) in [6.07, 6.45) is 0.663. The van der Waals surface area contributed by atoms with Crippen LogP contribution in [-0.2, 0) is 0 Å². The minimum atomic E-state index is -1.08. The second-order valence-corrected chi connectivity index (χ2v) is 4.11. The molecule has 0 aliphatic carbocycles. The van der Waals surface area contributed by atoms with Crippen LogP contribution in [0, 0.1) is 0 Å². The molecule has 0 amide bonds. The monoisotopic (exact) mass is 211 g/mol. The van der Waals surface area contributed by atoms with Gasteiger partial charge in [0, 0.05) is 19.2 Å². The van der Waals surface area contributed by atoms with E-state index < -0.39 is 11.6 Å². The van der Waals surface area contributed by atoms with Gasteiger partial charge < -0.3 is 19.5 Å². The number of nitrogens with zero attached hydrogens (tertiary/aromatic N) is 1. The molecule has 0 aromatic carbocycles. The highest BCUT2D eigenvalue weighted by Crippen LogP contribution is 2.27. The number of carboxylic acid groups (broad SMARTS) is 1. The molecule has 0 spiro atoms. The van der Waals surface area contributed by atoms with Gasteiger partial charge in [-0.15, -0.1) is 0 Å². The maximum absolute atomic E-state index is 10.6. The van der Waals surface area contributed by atoms with Crippen molar-refractivity contribution in [1.82, 2.24) is 0 Å². The third-order valence-electron chi connectivity index (χ3n) is 2.57. The van der Waals surface area contributed by atoms with Gasteiger partial charge in [0.15, 0.2) is 5.88 Å². The number of hydrogen-bond acceptors (Lipinski definition) is 4. The molecule has 1 aromatic heterocycles. The fraction of sp³-hybridized carbons (Fsp3) is 0.500. The first kappa shape index (κ1) is 10.0. The van der Waals surface area contributed by atoms with Gasteiger partial charge in [-0.2, -0.15) is 0 Å². The third kappa shape index (κ3) is 1.97. The Hall–Kier alpha value is -1.49. The quantitative estimate of drug-likeness (QED) is 0.761. The zero-order valence-electron chi connectivity index (χ0n) is 8.43. The van der Waals surface area contributed by atoms with Crippen LogP contribution in [0.25, 0.3) is 0 Å². The largest absolute Gasteiger partial charge is 0.475 e. The topological polar surface area (TPSA) is 73.9 Å². The lowest BCUT2D eigenvalue weighted by Crippen LogP contribution is -2.29. The smallest absolute Gasteiger partial charge is 0.371 e. The van der Waals surface area contributed by atoms with E-state index in [1.54, 1.807) is 13.0 Å².